The molecular weight excluding hydrogens is 223 g/mol. The smallest absolute Gasteiger partial charge is 0.0922 e. The molecule has 2 heteroatoms. The van der Waals surface area contributed by atoms with Gasteiger partial charge in [-0.2, -0.15) is 18.6 Å². The molecule has 0 aliphatic carbocycles. The molecule has 0 saturated heterocycles. The molecule has 1 radical (unpaired) electrons. The van der Waals surface area contributed by atoms with Crippen LogP contribution in [0.25, 0.3) is 4.85 Å². The third-order valence-corrected chi connectivity index (χ3v) is 1.57. The first-order valence-corrected chi connectivity index (χ1v) is 3.36. The van der Waals surface area contributed by atoms with Crippen LogP contribution in [0.15, 0.2) is 24.3 Å². The van der Waals surface area contributed by atoms with Crippen LogP contribution in [0.1, 0.15) is 17.2 Å². The van der Waals surface area contributed by atoms with Crippen LogP contribution in [0.4, 0.5) is 0 Å². The predicted octanol–water partition coefficient (Wildman–Crippen LogP) is 2.66. The van der Waals surface area contributed by atoms with Gasteiger partial charge in [-0.3, -0.25) is 6.92 Å². The molecule has 0 heterocycles. The van der Waals surface area contributed by atoms with Crippen molar-refractivity contribution >= 4 is 0 Å². The van der Waals surface area contributed by atoms with Crippen LogP contribution < -0.4 is 0 Å². The summed E-state index contributed by atoms with van der Waals surface area (Å²) in [6.45, 7) is 14.3. The van der Waals surface area contributed by atoms with Gasteiger partial charge in [0, 0.05) is 32.7 Å². The van der Waals surface area contributed by atoms with Gasteiger partial charge in [-0.25, -0.2) is 6.57 Å². The van der Waals surface area contributed by atoms with E-state index in [2.05, 4.69) is 18.7 Å². The molecule has 1 aromatic carbocycles. The van der Waals surface area contributed by atoms with E-state index in [0.717, 1.165) is 11.1 Å². The van der Waals surface area contributed by atoms with Gasteiger partial charge in [-0.1, -0.05) is 6.07 Å². The third kappa shape index (κ3) is 2.62. The zero-order valence-corrected chi connectivity index (χ0v) is 9.66. The average Bonchev–Trinajstić information content (AvgIpc) is 2.04. The normalized spacial score (nSPS) is 11.0. The van der Waals surface area contributed by atoms with Gasteiger partial charge >= 0.3 is 0 Å². The molecule has 0 fully saturated rings. The Labute approximate surface area is 98.9 Å². The summed E-state index contributed by atoms with van der Waals surface area (Å²) >= 11 is 0. The minimum atomic E-state index is -0.316. The quantitative estimate of drug-likeness (QED) is 0.655. The van der Waals surface area contributed by atoms with Crippen molar-refractivity contribution in [2.45, 2.75) is 6.04 Å². The Bertz CT molecular complexity index is 288. The van der Waals surface area contributed by atoms with Crippen LogP contribution in [-0.2, 0) is 32.7 Å². The molecule has 0 bridgehead atoms. The van der Waals surface area contributed by atoms with Crippen molar-refractivity contribution in [3.63, 3.8) is 0 Å². The topological polar surface area (TPSA) is 4.36 Å². The van der Waals surface area contributed by atoms with E-state index >= 15 is 0 Å². The molecule has 12 heavy (non-hydrogen) atoms. The van der Waals surface area contributed by atoms with Crippen LogP contribution >= 0.6 is 0 Å². The summed E-state index contributed by atoms with van der Waals surface area (Å²) in [4.78, 5) is 3.32. The van der Waals surface area contributed by atoms with Crippen molar-refractivity contribution < 1.29 is 32.7 Å². The molecule has 1 atom stereocenters. The summed E-state index contributed by atoms with van der Waals surface area (Å²) in [5, 5.41) is 0. The second-order valence-corrected chi connectivity index (χ2v) is 2.34. The number of rotatable bonds is 1. The van der Waals surface area contributed by atoms with E-state index in [1.807, 2.05) is 24.3 Å². The van der Waals surface area contributed by atoms with Crippen LogP contribution in [0.2, 0.25) is 0 Å². The molecule has 1 rings (SSSR count). The number of nitrogens with zero attached hydrogens (tertiary/aromatic N) is 1. The molecule has 1 aromatic rings. The number of benzene rings is 1. The Balaban J connectivity index is 0.00000121. The molecule has 0 aliphatic heterocycles. The van der Waals surface area contributed by atoms with E-state index in [-0.39, 0.29) is 38.8 Å². The summed E-state index contributed by atoms with van der Waals surface area (Å²) in [6, 6.07) is 7.26. The second kappa shape index (κ2) is 5.35. The monoisotopic (exact) mass is 232 g/mol. The molecule has 0 N–H and O–H groups in total. The predicted molar refractivity (Wildman–Crippen MR) is 45.6 cm³/mol. The number of hydrogen-bond donors (Lipinski definition) is 0. The van der Waals surface area contributed by atoms with E-state index < -0.39 is 0 Å². The third-order valence-electron chi connectivity index (χ3n) is 1.57. The second-order valence-electron chi connectivity index (χ2n) is 2.34. The minimum absolute atomic E-state index is 0. The van der Waals surface area contributed by atoms with Crippen molar-refractivity contribution in [1.82, 2.24) is 0 Å². The Morgan fingerprint density at radius 1 is 1.33 bits per heavy atom. The van der Waals surface area contributed by atoms with E-state index in [9.17, 15) is 0 Å². The Kier molecular flexibility index (Phi) is 5.21. The first-order valence-electron chi connectivity index (χ1n) is 3.36. The van der Waals surface area contributed by atoms with Gasteiger partial charge < -0.3 is 4.85 Å². The van der Waals surface area contributed by atoms with Crippen LogP contribution in [0.5, 0.6) is 0 Å². The average molecular weight is 232 g/mol. The minimum Gasteiger partial charge on any atom is -0.356 e. The maximum atomic E-state index is 6.78. The van der Waals surface area contributed by atoms with Crippen molar-refractivity contribution in [2.75, 3.05) is 0 Å². The molecule has 1 nitrogen and oxygen atoms in total. The van der Waals surface area contributed by atoms with Crippen LogP contribution in [-0.4, -0.2) is 0 Å². The maximum absolute atomic E-state index is 6.78. The van der Waals surface area contributed by atoms with Gasteiger partial charge in [0.25, 0.3) is 0 Å². The fourth-order valence-electron chi connectivity index (χ4n) is 0.929. The van der Waals surface area contributed by atoms with E-state index in [1.165, 1.54) is 0 Å². The zero-order valence-electron chi connectivity index (χ0n) is 6.83. The molecular formula is C10H9NY-2. The van der Waals surface area contributed by atoms with Crippen molar-refractivity contribution in [3.05, 3.63) is 60.7 Å². The standard InChI is InChI=1S/C10H9N.Y/c1-8-6-4-5-7-10(8)9(2)11-3;/h4-7,9H,1-2H2;/q-2;. The summed E-state index contributed by atoms with van der Waals surface area (Å²) < 4.78 is 0. The molecule has 1 unspecified atom stereocenters. The Hall–Kier alpha value is -0.316. The van der Waals surface area contributed by atoms with E-state index in [0.29, 0.717) is 0 Å². The van der Waals surface area contributed by atoms with Crippen molar-refractivity contribution in [1.29, 1.82) is 0 Å². The fourth-order valence-corrected chi connectivity index (χ4v) is 0.929. The number of hydrogen-bond acceptors (Lipinski definition) is 0. The van der Waals surface area contributed by atoms with Gasteiger partial charge in [0.05, 0.1) is 6.04 Å². The molecule has 0 aliphatic rings. The van der Waals surface area contributed by atoms with Gasteiger partial charge in [-0.15, -0.1) is 17.7 Å². The van der Waals surface area contributed by atoms with Gasteiger partial charge in [0.15, 0.2) is 0 Å². The molecule has 59 valence electrons. The van der Waals surface area contributed by atoms with Gasteiger partial charge in [-0.05, 0) is 0 Å². The van der Waals surface area contributed by atoms with Crippen LogP contribution in [0, 0.1) is 20.4 Å². The fraction of sp³-hybridized carbons (Fsp3) is 0.100. The molecule has 0 amide bonds. The summed E-state index contributed by atoms with van der Waals surface area (Å²) in [7, 11) is 0. The van der Waals surface area contributed by atoms with Gasteiger partial charge in [0.1, 0.15) is 0 Å². The van der Waals surface area contributed by atoms with Gasteiger partial charge in [0.2, 0.25) is 0 Å². The maximum Gasteiger partial charge on any atom is 0.0922 e. The zero-order chi connectivity index (χ0) is 8.27. The van der Waals surface area contributed by atoms with E-state index in [1.54, 1.807) is 0 Å². The Morgan fingerprint density at radius 3 is 2.42 bits per heavy atom. The summed E-state index contributed by atoms with van der Waals surface area (Å²) in [5.74, 6) is 0. The largest absolute Gasteiger partial charge is 0.356 e. The SMILES string of the molecule is [C-]#[N+]C([CH2-])c1ccccc1[CH2-].[Y]. The first kappa shape index (κ1) is 11.7. The summed E-state index contributed by atoms with van der Waals surface area (Å²) in [5.41, 5.74) is 1.81. The van der Waals surface area contributed by atoms with Crippen LogP contribution in [0.3, 0.4) is 0 Å². The van der Waals surface area contributed by atoms with E-state index in [4.69, 9.17) is 6.57 Å². The molecule has 0 saturated carbocycles. The molecule has 0 aromatic heterocycles. The Morgan fingerprint density at radius 2 is 1.92 bits per heavy atom. The molecule has 0 spiro atoms. The first-order chi connectivity index (χ1) is 5.25. The van der Waals surface area contributed by atoms with Crippen molar-refractivity contribution in [2.24, 2.45) is 0 Å². The summed E-state index contributed by atoms with van der Waals surface area (Å²) in [6.07, 6.45) is 0. The van der Waals surface area contributed by atoms with Crippen molar-refractivity contribution in [3.8, 4) is 0 Å².